The van der Waals surface area contributed by atoms with Gasteiger partial charge < -0.3 is 10.1 Å². The van der Waals surface area contributed by atoms with E-state index < -0.39 is 34.9 Å². The molecule has 0 fully saturated rings. The summed E-state index contributed by atoms with van der Waals surface area (Å²) in [5, 5.41) is 8.32. The van der Waals surface area contributed by atoms with Gasteiger partial charge in [0.25, 0.3) is 6.43 Å². The summed E-state index contributed by atoms with van der Waals surface area (Å²) in [6, 6.07) is 0. The van der Waals surface area contributed by atoms with E-state index in [1.807, 2.05) is 0 Å². The summed E-state index contributed by atoms with van der Waals surface area (Å²) in [6.07, 6.45) is -2.66. The second-order valence-electron chi connectivity index (χ2n) is 2.37. The zero-order valence-electron chi connectivity index (χ0n) is 6.55. The van der Waals surface area contributed by atoms with Crippen LogP contribution in [0.25, 0.3) is 0 Å². The predicted octanol–water partition coefficient (Wildman–Crippen LogP) is 1.15. The first kappa shape index (κ1) is 10.3. The molecule has 1 rings (SSSR count). The average Bonchev–Trinajstić information content (AvgIpc) is 2.08. The fourth-order valence-corrected chi connectivity index (χ4v) is 0.837. The molecule has 76 valence electrons. The lowest BCUT2D eigenvalue weighted by atomic mass is 10.2. The van der Waals surface area contributed by atoms with E-state index in [2.05, 4.69) is 0 Å². The van der Waals surface area contributed by atoms with Crippen molar-refractivity contribution in [3.8, 4) is 0 Å². The molecular weight excluding hydrogens is 203 g/mol. The summed E-state index contributed by atoms with van der Waals surface area (Å²) in [6.45, 7) is 0. The third-order valence-electron chi connectivity index (χ3n) is 1.50. The smallest absolute Gasteiger partial charge is 0.355 e. The molecule has 0 unspecified atom stereocenters. The van der Waals surface area contributed by atoms with Gasteiger partial charge in [-0.2, -0.15) is 0 Å². The summed E-state index contributed by atoms with van der Waals surface area (Å²) in [7, 11) is 0. The van der Waals surface area contributed by atoms with E-state index in [1.165, 1.54) is 0 Å². The molecule has 4 nitrogen and oxygen atoms in total. The molecular formula is C7H4F3NO3. The maximum Gasteiger partial charge on any atom is 0.355 e. The number of hydrogen-bond acceptors (Lipinski definition) is 2. The Morgan fingerprint density at radius 3 is 2.50 bits per heavy atom. The highest BCUT2D eigenvalue weighted by molar-refractivity contribution is 5.85. The number of alkyl halides is 2. The summed E-state index contributed by atoms with van der Waals surface area (Å²) < 4.78 is 36.8. The number of carboxylic acids is 1. The molecule has 2 N–H and O–H groups in total. The second kappa shape index (κ2) is 3.52. The first-order chi connectivity index (χ1) is 6.45. The molecule has 14 heavy (non-hydrogen) atoms. The number of carbonyl (C=O) groups is 1. The first-order valence-corrected chi connectivity index (χ1v) is 3.37. The molecule has 0 aliphatic rings. The number of pyridine rings is 1. The minimum Gasteiger partial charge on any atom is -0.476 e. The lowest BCUT2D eigenvalue weighted by molar-refractivity contribution is 0.0683. The van der Waals surface area contributed by atoms with Crippen LogP contribution in [0.5, 0.6) is 0 Å². The Balaban J connectivity index is 3.42. The van der Waals surface area contributed by atoms with Gasteiger partial charge in [0.1, 0.15) is 0 Å². The van der Waals surface area contributed by atoms with Crippen molar-refractivity contribution in [2.24, 2.45) is 0 Å². The number of hydrogen-bond donors (Lipinski definition) is 2. The van der Waals surface area contributed by atoms with Crippen molar-refractivity contribution in [3.63, 3.8) is 0 Å². The van der Waals surface area contributed by atoms with Crippen molar-refractivity contribution in [2.75, 3.05) is 0 Å². The van der Waals surface area contributed by atoms with Gasteiger partial charge in [-0.3, -0.25) is 4.79 Å². The van der Waals surface area contributed by atoms with Crippen LogP contribution in [-0.4, -0.2) is 16.1 Å². The lowest BCUT2D eigenvalue weighted by Crippen LogP contribution is -2.19. The highest BCUT2D eigenvalue weighted by Crippen LogP contribution is 2.14. The quantitative estimate of drug-likeness (QED) is 0.764. The van der Waals surface area contributed by atoms with Gasteiger partial charge in [-0.05, 0) is 0 Å². The van der Waals surface area contributed by atoms with Crippen molar-refractivity contribution in [1.29, 1.82) is 0 Å². The molecule has 0 aromatic carbocycles. The summed E-state index contributed by atoms with van der Waals surface area (Å²) in [5.41, 5.74) is -3.72. The Kier molecular flexibility index (Phi) is 2.59. The van der Waals surface area contributed by atoms with Gasteiger partial charge in [-0.15, -0.1) is 0 Å². The molecule has 0 radical (unpaired) electrons. The maximum atomic E-state index is 12.8. The van der Waals surface area contributed by atoms with Crippen molar-refractivity contribution < 1.29 is 23.1 Å². The van der Waals surface area contributed by atoms with Crippen LogP contribution >= 0.6 is 0 Å². The van der Waals surface area contributed by atoms with Gasteiger partial charge in [-0.25, -0.2) is 18.0 Å². The van der Waals surface area contributed by atoms with Crippen LogP contribution in [0.1, 0.15) is 22.5 Å². The third-order valence-corrected chi connectivity index (χ3v) is 1.50. The van der Waals surface area contributed by atoms with Crippen LogP contribution in [-0.2, 0) is 0 Å². The van der Waals surface area contributed by atoms with Gasteiger partial charge in [0.2, 0.25) is 11.2 Å². The van der Waals surface area contributed by atoms with E-state index in [4.69, 9.17) is 5.11 Å². The molecule has 1 aromatic heterocycles. The number of H-pyrrole nitrogens is 1. The minimum absolute atomic E-state index is 0.486. The molecule has 0 aliphatic heterocycles. The number of aromatic amines is 1. The van der Waals surface area contributed by atoms with Crippen LogP contribution in [0, 0.1) is 5.82 Å². The Hall–Kier alpha value is -1.79. The van der Waals surface area contributed by atoms with Crippen LogP contribution in [0.3, 0.4) is 0 Å². The molecule has 0 aliphatic carbocycles. The van der Waals surface area contributed by atoms with Gasteiger partial charge in [0.15, 0.2) is 5.69 Å². The Morgan fingerprint density at radius 2 is 2.07 bits per heavy atom. The number of halogens is 3. The number of rotatable bonds is 2. The fourth-order valence-electron chi connectivity index (χ4n) is 0.837. The average molecular weight is 207 g/mol. The number of carboxylic acid groups (broad SMARTS) is 1. The summed E-state index contributed by atoms with van der Waals surface area (Å²) in [5.74, 6) is -3.43. The van der Waals surface area contributed by atoms with Crippen molar-refractivity contribution in [1.82, 2.24) is 4.98 Å². The van der Waals surface area contributed by atoms with Crippen molar-refractivity contribution in [2.45, 2.75) is 6.43 Å². The Bertz CT molecular complexity index is 427. The Morgan fingerprint density at radius 1 is 1.50 bits per heavy atom. The number of nitrogens with one attached hydrogen (secondary N) is 1. The van der Waals surface area contributed by atoms with Gasteiger partial charge in [0.05, 0.1) is 5.56 Å². The predicted molar refractivity (Wildman–Crippen MR) is 38.9 cm³/mol. The van der Waals surface area contributed by atoms with Gasteiger partial charge in [-0.1, -0.05) is 0 Å². The summed E-state index contributed by atoms with van der Waals surface area (Å²) in [4.78, 5) is 22.8. The van der Waals surface area contributed by atoms with Crippen molar-refractivity contribution >= 4 is 5.97 Å². The summed E-state index contributed by atoms with van der Waals surface area (Å²) >= 11 is 0. The normalized spacial score (nSPS) is 10.6. The van der Waals surface area contributed by atoms with Crippen LogP contribution < -0.4 is 5.43 Å². The molecule has 7 heteroatoms. The van der Waals surface area contributed by atoms with Crippen LogP contribution in [0.2, 0.25) is 0 Å². The standard InChI is InChI=1S/C7H4F3NO3/c8-3-4(7(13)14)11-1-2(5(3)12)6(9)10/h1,6H,(H,11,12)(H,13,14). The number of aromatic carboxylic acids is 1. The van der Waals surface area contributed by atoms with E-state index >= 15 is 0 Å². The van der Waals surface area contributed by atoms with E-state index in [0.29, 0.717) is 6.20 Å². The highest BCUT2D eigenvalue weighted by atomic mass is 19.3. The monoisotopic (exact) mass is 207 g/mol. The fraction of sp³-hybridized carbons (Fsp3) is 0.143. The zero-order chi connectivity index (χ0) is 10.9. The van der Waals surface area contributed by atoms with E-state index in [1.54, 1.807) is 4.98 Å². The first-order valence-electron chi connectivity index (χ1n) is 3.37. The molecule has 0 bridgehead atoms. The van der Waals surface area contributed by atoms with Crippen LogP contribution in [0.4, 0.5) is 13.2 Å². The van der Waals surface area contributed by atoms with E-state index in [-0.39, 0.29) is 0 Å². The van der Waals surface area contributed by atoms with E-state index in [0.717, 1.165) is 0 Å². The maximum absolute atomic E-state index is 12.8. The van der Waals surface area contributed by atoms with Gasteiger partial charge in [0, 0.05) is 6.20 Å². The SMILES string of the molecule is O=C(O)c1[nH]cc(C(F)F)c(=O)c1F. The minimum atomic E-state index is -3.14. The molecule has 0 saturated heterocycles. The highest BCUT2D eigenvalue weighted by Gasteiger charge is 2.20. The second-order valence-corrected chi connectivity index (χ2v) is 2.37. The van der Waals surface area contributed by atoms with E-state index in [9.17, 15) is 22.8 Å². The third kappa shape index (κ3) is 1.61. The molecule has 0 spiro atoms. The van der Waals surface area contributed by atoms with Gasteiger partial charge >= 0.3 is 5.97 Å². The molecule has 1 aromatic rings. The van der Waals surface area contributed by atoms with Crippen LogP contribution in [0.15, 0.2) is 11.0 Å². The molecule has 0 amide bonds. The molecule has 0 atom stereocenters. The zero-order valence-corrected chi connectivity index (χ0v) is 6.55. The largest absolute Gasteiger partial charge is 0.476 e. The lowest BCUT2D eigenvalue weighted by Gasteiger charge is -2.00. The molecule has 0 saturated carbocycles. The Labute approximate surface area is 75.0 Å². The number of aromatic nitrogens is 1. The molecule has 1 heterocycles. The van der Waals surface area contributed by atoms with Crippen molar-refractivity contribution in [3.05, 3.63) is 33.5 Å². The topological polar surface area (TPSA) is 70.2 Å².